The zero-order valence-corrected chi connectivity index (χ0v) is 18.5. The lowest BCUT2D eigenvalue weighted by Gasteiger charge is -2.16. The van der Waals surface area contributed by atoms with Gasteiger partial charge in [-0.25, -0.2) is 22.0 Å². The first kappa shape index (κ1) is 25.0. The van der Waals surface area contributed by atoms with Gasteiger partial charge < -0.3 is 9.47 Å². The predicted octanol–water partition coefficient (Wildman–Crippen LogP) is 6.80. The normalized spacial score (nSPS) is 11.0. The molecule has 0 spiro atoms. The lowest BCUT2D eigenvalue weighted by Crippen LogP contribution is -2.07. The first-order chi connectivity index (χ1) is 16.3. The molecule has 0 aliphatic heterocycles. The molecule has 0 atom stereocenters. The van der Waals surface area contributed by atoms with Gasteiger partial charge in [0, 0.05) is 10.6 Å². The molecule has 0 aliphatic carbocycles. The average Bonchev–Trinajstić information content (AvgIpc) is 2.84. The number of benzene rings is 3. The van der Waals surface area contributed by atoms with E-state index in [0.717, 1.165) is 11.8 Å². The maximum Gasteiger partial charge on any atom is 0.200 e. The monoisotopic (exact) mass is 496 g/mol. The van der Waals surface area contributed by atoms with Crippen molar-refractivity contribution >= 4 is 23.5 Å². The Hall–Kier alpha value is -3.59. The van der Waals surface area contributed by atoms with Crippen molar-refractivity contribution in [1.82, 2.24) is 0 Å². The Morgan fingerprint density at radius 3 is 2.18 bits per heavy atom. The summed E-state index contributed by atoms with van der Waals surface area (Å²) in [6.07, 6.45) is 3.16. The van der Waals surface area contributed by atoms with Crippen LogP contribution in [0.25, 0.3) is 0 Å². The third-order valence-electron chi connectivity index (χ3n) is 4.63. The summed E-state index contributed by atoms with van der Waals surface area (Å²) < 4.78 is 78.8. The third-order valence-corrected chi connectivity index (χ3v) is 4.89. The van der Waals surface area contributed by atoms with Crippen molar-refractivity contribution in [1.29, 1.82) is 0 Å². The van der Waals surface area contributed by atoms with Crippen LogP contribution in [-0.4, -0.2) is 13.3 Å². The van der Waals surface area contributed by atoms with E-state index in [4.69, 9.17) is 21.1 Å². The fraction of sp³-hybridized carbons (Fsp3) is 0.125. The van der Waals surface area contributed by atoms with Crippen molar-refractivity contribution in [2.45, 2.75) is 13.0 Å². The van der Waals surface area contributed by atoms with Gasteiger partial charge >= 0.3 is 0 Å². The molecule has 3 aromatic carbocycles. The number of rotatable bonds is 9. The van der Waals surface area contributed by atoms with E-state index in [1.54, 1.807) is 24.3 Å². The number of halogens is 6. The molecule has 10 heteroatoms. The van der Waals surface area contributed by atoms with Gasteiger partial charge in [-0.1, -0.05) is 29.8 Å². The van der Waals surface area contributed by atoms with E-state index < -0.39 is 34.8 Å². The van der Waals surface area contributed by atoms with Gasteiger partial charge in [0.1, 0.15) is 12.3 Å². The number of nitrogens with zero attached hydrogens (tertiary/aromatic N) is 1. The molecule has 3 aromatic rings. The largest absolute Gasteiger partial charge is 0.493 e. The van der Waals surface area contributed by atoms with Crippen molar-refractivity contribution in [3.05, 3.63) is 99.9 Å². The SMILES string of the molecule is C=CCc1cc(C=NNc2c(F)c(F)c(F)c(F)c2F)cc(OC)c1OCc1ccc(Cl)cc1. The van der Waals surface area contributed by atoms with E-state index in [0.29, 0.717) is 34.1 Å². The molecular formula is C24H18ClF5N2O2. The van der Waals surface area contributed by atoms with Crippen LogP contribution in [-0.2, 0) is 13.0 Å². The minimum Gasteiger partial charge on any atom is -0.493 e. The van der Waals surface area contributed by atoms with Crippen LogP contribution < -0.4 is 14.9 Å². The fourth-order valence-electron chi connectivity index (χ4n) is 2.99. The van der Waals surface area contributed by atoms with E-state index >= 15 is 0 Å². The molecule has 0 saturated carbocycles. The van der Waals surface area contributed by atoms with Crippen LogP contribution in [0.3, 0.4) is 0 Å². The van der Waals surface area contributed by atoms with Crippen LogP contribution in [0, 0.1) is 29.1 Å². The van der Waals surface area contributed by atoms with Crippen molar-refractivity contribution in [3.8, 4) is 11.5 Å². The maximum absolute atomic E-state index is 13.8. The first-order valence-electron chi connectivity index (χ1n) is 9.76. The quantitative estimate of drug-likeness (QED) is 0.0885. The Morgan fingerprint density at radius 2 is 1.59 bits per heavy atom. The van der Waals surface area contributed by atoms with Gasteiger partial charge in [-0.05, 0) is 41.8 Å². The molecule has 0 amide bonds. The summed E-state index contributed by atoms with van der Waals surface area (Å²) in [5.41, 5.74) is 2.54. The van der Waals surface area contributed by atoms with Crippen molar-refractivity contribution in [2.24, 2.45) is 5.10 Å². The minimum atomic E-state index is -2.25. The molecule has 1 N–H and O–H groups in total. The Balaban J connectivity index is 1.87. The zero-order chi connectivity index (χ0) is 24.8. The van der Waals surface area contributed by atoms with Gasteiger partial charge in [-0.2, -0.15) is 5.10 Å². The molecular weight excluding hydrogens is 479 g/mol. The van der Waals surface area contributed by atoms with Gasteiger partial charge in [0.15, 0.2) is 34.8 Å². The summed E-state index contributed by atoms with van der Waals surface area (Å²) in [5.74, 6) is -9.66. The number of ether oxygens (including phenoxy) is 2. The number of hydrogen-bond donors (Lipinski definition) is 1. The Kier molecular flexibility index (Phi) is 8.12. The van der Waals surface area contributed by atoms with Crippen molar-refractivity contribution in [2.75, 3.05) is 12.5 Å². The van der Waals surface area contributed by atoms with Crippen LogP contribution >= 0.6 is 11.6 Å². The molecule has 0 heterocycles. The first-order valence-corrected chi connectivity index (χ1v) is 10.1. The lowest BCUT2D eigenvalue weighted by molar-refractivity contribution is 0.282. The summed E-state index contributed by atoms with van der Waals surface area (Å²) in [5, 5.41) is 4.20. The van der Waals surface area contributed by atoms with Crippen LogP contribution in [0.4, 0.5) is 27.6 Å². The number of hydrogen-bond acceptors (Lipinski definition) is 4. The van der Waals surface area contributed by atoms with E-state index in [1.165, 1.54) is 13.2 Å². The van der Waals surface area contributed by atoms with Crippen LogP contribution in [0.5, 0.6) is 11.5 Å². The number of hydrazone groups is 1. The smallest absolute Gasteiger partial charge is 0.200 e. The molecule has 178 valence electrons. The van der Waals surface area contributed by atoms with Gasteiger partial charge in [0.25, 0.3) is 0 Å². The topological polar surface area (TPSA) is 42.9 Å². The molecule has 34 heavy (non-hydrogen) atoms. The van der Waals surface area contributed by atoms with Gasteiger partial charge in [0.2, 0.25) is 5.82 Å². The zero-order valence-electron chi connectivity index (χ0n) is 17.8. The third kappa shape index (κ3) is 5.48. The van der Waals surface area contributed by atoms with Gasteiger partial charge in [-0.15, -0.1) is 6.58 Å². The van der Waals surface area contributed by atoms with Crippen molar-refractivity contribution in [3.63, 3.8) is 0 Å². The molecule has 0 radical (unpaired) electrons. The molecule has 0 unspecified atom stereocenters. The predicted molar refractivity (Wildman–Crippen MR) is 120 cm³/mol. The average molecular weight is 497 g/mol. The highest BCUT2D eigenvalue weighted by Crippen LogP contribution is 2.34. The summed E-state index contributed by atoms with van der Waals surface area (Å²) >= 11 is 5.90. The maximum atomic E-state index is 13.8. The Bertz CT molecular complexity index is 1200. The van der Waals surface area contributed by atoms with E-state index in [-0.39, 0.29) is 6.61 Å². The summed E-state index contributed by atoms with van der Waals surface area (Å²) in [6.45, 7) is 3.94. The lowest BCUT2D eigenvalue weighted by atomic mass is 10.1. The molecule has 0 fully saturated rings. The number of nitrogens with one attached hydrogen (secondary N) is 1. The molecule has 3 rings (SSSR count). The molecule has 0 aliphatic rings. The second kappa shape index (κ2) is 11.0. The van der Waals surface area contributed by atoms with Crippen LogP contribution in [0.1, 0.15) is 16.7 Å². The Morgan fingerprint density at radius 1 is 0.971 bits per heavy atom. The molecule has 0 aromatic heterocycles. The second-order valence-electron chi connectivity index (χ2n) is 6.93. The second-order valence-corrected chi connectivity index (χ2v) is 7.37. The minimum absolute atomic E-state index is 0.229. The fourth-order valence-corrected chi connectivity index (χ4v) is 3.12. The van der Waals surface area contributed by atoms with Crippen LogP contribution in [0.15, 0.2) is 54.2 Å². The molecule has 4 nitrogen and oxygen atoms in total. The molecule has 0 bridgehead atoms. The number of allylic oxidation sites excluding steroid dienone is 1. The van der Waals surface area contributed by atoms with Crippen molar-refractivity contribution < 1.29 is 31.4 Å². The summed E-state index contributed by atoms with van der Waals surface area (Å²) in [4.78, 5) is 0. The summed E-state index contributed by atoms with van der Waals surface area (Å²) in [7, 11) is 1.43. The number of methoxy groups -OCH3 is 1. The van der Waals surface area contributed by atoms with E-state index in [2.05, 4.69) is 11.7 Å². The van der Waals surface area contributed by atoms with Gasteiger partial charge in [0.05, 0.1) is 13.3 Å². The highest BCUT2D eigenvalue weighted by Gasteiger charge is 2.25. The van der Waals surface area contributed by atoms with Crippen LogP contribution in [0.2, 0.25) is 5.02 Å². The van der Waals surface area contributed by atoms with Gasteiger partial charge in [-0.3, -0.25) is 5.43 Å². The van der Waals surface area contributed by atoms with E-state index in [9.17, 15) is 22.0 Å². The summed E-state index contributed by atoms with van der Waals surface area (Å²) in [6, 6.07) is 10.3. The standard InChI is InChI=1S/C24H18ClF5N2O2/c1-3-4-15-9-14(11-31-32-23-21(29)19(27)18(26)20(28)22(23)30)10-17(33-2)24(15)34-12-13-5-7-16(25)8-6-13/h3,5-11,32H,1,4,12H2,2H3. The molecule has 0 saturated heterocycles. The van der Waals surface area contributed by atoms with E-state index in [1.807, 2.05) is 17.6 Å². The Labute approximate surface area is 197 Å². The highest BCUT2D eigenvalue weighted by atomic mass is 35.5. The number of anilines is 1. The highest BCUT2D eigenvalue weighted by molar-refractivity contribution is 6.30.